The maximum atomic E-state index is 14.9. The summed E-state index contributed by atoms with van der Waals surface area (Å²) >= 11 is 0. The van der Waals surface area contributed by atoms with Crippen LogP contribution in [-0.2, 0) is 4.74 Å². The first kappa shape index (κ1) is 21.4. The standard InChI is InChI=1S/C25H28F4O/c1-3-30-20-7-6-15-8-16(4-5-17(15)9-20)18-10-23(28)25(24(29)11-18)19-12-21(26)14(2)22(27)13-19/h10-13,15-17,20H,3-9H2,1-2H3. The summed E-state index contributed by atoms with van der Waals surface area (Å²) in [5, 5.41) is 0. The van der Waals surface area contributed by atoms with Crippen molar-refractivity contribution in [3.05, 3.63) is 58.7 Å². The van der Waals surface area contributed by atoms with Crippen molar-refractivity contribution in [2.75, 3.05) is 6.61 Å². The molecule has 2 aliphatic rings. The Kier molecular flexibility index (Phi) is 6.19. The summed E-state index contributed by atoms with van der Waals surface area (Å²) in [5.74, 6) is -1.86. The van der Waals surface area contributed by atoms with Gasteiger partial charge < -0.3 is 4.74 Å². The van der Waals surface area contributed by atoms with E-state index in [2.05, 4.69) is 0 Å². The molecule has 5 heteroatoms. The van der Waals surface area contributed by atoms with E-state index in [0.717, 1.165) is 57.3 Å². The average Bonchev–Trinajstić information content (AvgIpc) is 2.71. The van der Waals surface area contributed by atoms with E-state index < -0.39 is 23.3 Å². The van der Waals surface area contributed by atoms with Crippen LogP contribution < -0.4 is 0 Å². The fourth-order valence-electron chi connectivity index (χ4n) is 5.43. The van der Waals surface area contributed by atoms with Crippen LogP contribution in [0, 0.1) is 42.0 Å². The Morgan fingerprint density at radius 1 is 0.800 bits per heavy atom. The SMILES string of the molecule is CCOC1CCC2CC(c3cc(F)c(-c4cc(F)c(C)c(F)c4)c(F)c3)CCC2C1. The summed E-state index contributed by atoms with van der Waals surface area (Å²) in [5.41, 5.74) is -0.00301. The van der Waals surface area contributed by atoms with Gasteiger partial charge in [0.15, 0.2) is 0 Å². The summed E-state index contributed by atoms with van der Waals surface area (Å²) in [4.78, 5) is 0. The van der Waals surface area contributed by atoms with E-state index in [9.17, 15) is 17.6 Å². The molecule has 0 N–H and O–H groups in total. The molecule has 0 heterocycles. The third-order valence-electron chi connectivity index (χ3n) is 7.07. The molecule has 30 heavy (non-hydrogen) atoms. The van der Waals surface area contributed by atoms with Gasteiger partial charge in [0.2, 0.25) is 0 Å². The third-order valence-corrected chi connectivity index (χ3v) is 7.07. The van der Waals surface area contributed by atoms with Crippen molar-refractivity contribution < 1.29 is 22.3 Å². The Labute approximate surface area is 175 Å². The zero-order valence-electron chi connectivity index (χ0n) is 17.5. The molecular formula is C25H28F4O. The lowest BCUT2D eigenvalue weighted by Crippen LogP contribution is -2.33. The van der Waals surface area contributed by atoms with Crippen LogP contribution in [0.4, 0.5) is 17.6 Å². The van der Waals surface area contributed by atoms with Gasteiger partial charge in [-0.1, -0.05) is 0 Å². The second-order valence-corrected chi connectivity index (χ2v) is 8.84. The Bertz CT molecular complexity index is 879. The minimum Gasteiger partial charge on any atom is -0.378 e. The topological polar surface area (TPSA) is 9.23 Å². The van der Waals surface area contributed by atoms with Gasteiger partial charge in [-0.05, 0) is 106 Å². The highest BCUT2D eigenvalue weighted by molar-refractivity contribution is 5.66. The molecule has 0 bridgehead atoms. The highest BCUT2D eigenvalue weighted by Gasteiger charge is 2.36. The minimum atomic E-state index is -0.811. The van der Waals surface area contributed by atoms with E-state index in [-0.39, 0.29) is 22.6 Å². The number of benzene rings is 2. The zero-order chi connectivity index (χ0) is 21.4. The van der Waals surface area contributed by atoms with Crippen molar-refractivity contribution in [1.29, 1.82) is 0 Å². The molecule has 0 radical (unpaired) electrons. The van der Waals surface area contributed by atoms with Crippen molar-refractivity contribution in [2.24, 2.45) is 11.8 Å². The van der Waals surface area contributed by atoms with Crippen LogP contribution in [0.3, 0.4) is 0 Å². The van der Waals surface area contributed by atoms with E-state index in [1.54, 1.807) is 0 Å². The Balaban J connectivity index is 1.55. The number of ether oxygens (including phenoxy) is 1. The van der Waals surface area contributed by atoms with Crippen LogP contribution in [0.2, 0.25) is 0 Å². The van der Waals surface area contributed by atoms with Crippen LogP contribution in [0.25, 0.3) is 11.1 Å². The minimum absolute atomic E-state index is 0.111. The second kappa shape index (κ2) is 8.70. The largest absolute Gasteiger partial charge is 0.378 e. The number of hydrogen-bond acceptors (Lipinski definition) is 1. The van der Waals surface area contributed by atoms with Crippen LogP contribution >= 0.6 is 0 Å². The highest BCUT2D eigenvalue weighted by Crippen LogP contribution is 2.47. The Morgan fingerprint density at radius 2 is 1.40 bits per heavy atom. The molecule has 4 unspecified atom stereocenters. The first-order valence-electron chi connectivity index (χ1n) is 10.9. The lowest BCUT2D eigenvalue weighted by molar-refractivity contribution is -0.00957. The van der Waals surface area contributed by atoms with Crippen molar-refractivity contribution in [3.63, 3.8) is 0 Å². The van der Waals surface area contributed by atoms with Crippen molar-refractivity contribution >= 4 is 0 Å². The molecule has 1 nitrogen and oxygen atoms in total. The van der Waals surface area contributed by atoms with Crippen molar-refractivity contribution in [1.82, 2.24) is 0 Å². The third kappa shape index (κ3) is 4.14. The molecule has 2 fully saturated rings. The van der Waals surface area contributed by atoms with Gasteiger partial charge in [0.25, 0.3) is 0 Å². The highest BCUT2D eigenvalue weighted by atomic mass is 19.1. The van der Waals surface area contributed by atoms with Gasteiger partial charge in [0.1, 0.15) is 23.3 Å². The first-order valence-corrected chi connectivity index (χ1v) is 10.9. The number of fused-ring (bicyclic) bond motifs is 1. The fraction of sp³-hybridized carbons (Fsp3) is 0.520. The molecule has 2 aromatic rings. The summed E-state index contributed by atoms with van der Waals surface area (Å²) in [7, 11) is 0. The molecule has 2 saturated carbocycles. The summed E-state index contributed by atoms with van der Waals surface area (Å²) in [6.45, 7) is 4.06. The quantitative estimate of drug-likeness (QED) is 0.471. The molecule has 0 aromatic heterocycles. The molecule has 4 atom stereocenters. The van der Waals surface area contributed by atoms with Gasteiger partial charge in [0.05, 0.1) is 11.7 Å². The fourth-order valence-corrected chi connectivity index (χ4v) is 5.43. The molecule has 0 spiro atoms. The van der Waals surface area contributed by atoms with Crippen LogP contribution in [0.1, 0.15) is 62.5 Å². The van der Waals surface area contributed by atoms with Crippen molar-refractivity contribution in [2.45, 2.75) is 64.4 Å². The average molecular weight is 420 g/mol. The van der Waals surface area contributed by atoms with E-state index in [1.165, 1.54) is 19.1 Å². The van der Waals surface area contributed by atoms with Gasteiger partial charge in [0, 0.05) is 12.2 Å². The van der Waals surface area contributed by atoms with Crippen LogP contribution in [0.5, 0.6) is 0 Å². The van der Waals surface area contributed by atoms with Crippen molar-refractivity contribution in [3.8, 4) is 11.1 Å². The van der Waals surface area contributed by atoms with E-state index >= 15 is 0 Å². The normalized spacial score (nSPS) is 26.5. The second-order valence-electron chi connectivity index (χ2n) is 8.84. The first-order chi connectivity index (χ1) is 14.4. The van der Waals surface area contributed by atoms with Gasteiger partial charge in [-0.2, -0.15) is 0 Å². The maximum absolute atomic E-state index is 14.9. The molecule has 2 aliphatic carbocycles. The molecule has 162 valence electrons. The Morgan fingerprint density at radius 3 is 2.03 bits per heavy atom. The summed E-state index contributed by atoms with van der Waals surface area (Å²) in [6, 6.07) is 4.68. The predicted octanol–water partition coefficient (Wildman–Crippen LogP) is 7.31. The molecule has 0 amide bonds. The molecule has 0 saturated heterocycles. The summed E-state index contributed by atoms with van der Waals surface area (Å²) in [6.07, 6.45) is 6.43. The monoisotopic (exact) mass is 420 g/mol. The lowest BCUT2D eigenvalue weighted by Gasteiger charge is -2.42. The van der Waals surface area contributed by atoms with Crippen LogP contribution in [0.15, 0.2) is 24.3 Å². The molecule has 2 aromatic carbocycles. The zero-order valence-corrected chi connectivity index (χ0v) is 17.5. The van der Waals surface area contributed by atoms with Gasteiger partial charge >= 0.3 is 0 Å². The number of hydrogen-bond donors (Lipinski definition) is 0. The van der Waals surface area contributed by atoms with Crippen LogP contribution in [-0.4, -0.2) is 12.7 Å². The molecular weight excluding hydrogens is 392 g/mol. The molecule has 4 rings (SSSR count). The number of halogens is 4. The van der Waals surface area contributed by atoms with Gasteiger partial charge in [-0.3, -0.25) is 0 Å². The number of rotatable bonds is 4. The van der Waals surface area contributed by atoms with E-state index in [0.29, 0.717) is 23.5 Å². The predicted molar refractivity (Wildman–Crippen MR) is 109 cm³/mol. The summed E-state index contributed by atoms with van der Waals surface area (Å²) < 4.78 is 63.4. The smallest absolute Gasteiger partial charge is 0.134 e. The van der Waals surface area contributed by atoms with E-state index in [4.69, 9.17) is 4.74 Å². The van der Waals surface area contributed by atoms with Gasteiger partial charge in [-0.25, -0.2) is 17.6 Å². The van der Waals surface area contributed by atoms with Gasteiger partial charge in [-0.15, -0.1) is 0 Å². The van der Waals surface area contributed by atoms with E-state index in [1.807, 2.05) is 6.92 Å². The Hall–Kier alpha value is -1.88. The molecule has 0 aliphatic heterocycles. The lowest BCUT2D eigenvalue weighted by atomic mass is 9.65. The maximum Gasteiger partial charge on any atom is 0.134 e.